The minimum absolute atomic E-state index is 0.641. The summed E-state index contributed by atoms with van der Waals surface area (Å²) in [4.78, 5) is 0. The smallest absolute Gasteiger partial charge is 0.0183 e. The van der Waals surface area contributed by atoms with Crippen LogP contribution in [0.5, 0.6) is 0 Å². The predicted molar refractivity (Wildman–Crippen MR) is 67.7 cm³/mol. The highest BCUT2D eigenvalue weighted by molar-refractivity contribution is 5.40. The second-order valence-corrected chi connectivity index (χ2v) is 4.21. The number of hydrogen-bond acceptors (Lipinski definition) is 1. The van der Waals surface area contributed by atoms with Crippen LogP contribution >= 0.6 is 0 Å². The van der Waals surface area contributed by atoms with Crippen molar-refractivity contribution in [3.05, 3.63) is 35.5 Å². The Labute approximate surface area is 93.7 Å². The largest absolute Gasteiger partial charge is 0.326 e. The molecule has 1 nitrogen and oxygen atoms in total. The summed E-state index contributed by atoms with van der Waals surface area (Å²) in [6, 6.07) is 0. The summed E-state index contributed by atoms with van der Waals surface area (Å²) < 4.78 is 0. The van der Waals surface area contributed by atoms with E-state index < -0.39 is 0 Å². The first kappa shape index (κ1) is 12.3. The van der Waals surface area contributed by atoms with Crippen molar-refractivity contribution >= 4 is 0 Å². The molecule has 0 aliphatic heterocycles. The quantitative estimate of drug-likeness (QED) is 0.727. The molecule has 0 aromatic carbocycles. The summed E-state index contributed by atoms with van der Waals surface area (Å²) >= 11 is 0. The summed E-state index contributed by atoms with van der Waals surface area (Å²) in [6.45, 7) is 7.02. The molecule has 84 valence electrons. The molecule has 0 atom stereocenters. The summed E-state index contributed by atoms with van der Waals surface area (Å²) in [5.41, 5.74) is 9.80. The van der Waals surface area contributed by atoms with E-state index in [0.29, 0.717) is 6.54 Å². The zero-order chi connectivity index (χ0) is 11.1. The monoisotopic (exact) mass is 205 g/mol. The number of allylic oxidation sites excluding steroid dienone is 3. The molecule has 1 heteroatoms. The van der Waals surface area contributed by atoms with Crippen molar-refractivity contribution in [3.8, 4) is 0 Å². The van der Waals surface area contributed by atoms with E-state index in [2.05, 4.69) is 25.7 Å². The average Bonchev–Trinajstić information content (AvgIpc) is 2.29. The van der Waals surface area contributed by atoms with Gasteiger partial charge in [0.1, 0.15) is 0 Å². The lowest BCUT2D eigenvalue weighted by Gasteiger charge is -2.16. The second-order valence-electron chi connectivity index (χ2n) is 4.21. The van der Waals surface area contributed by atoms with Crippen LogP contribution in [-0.2, 0) is 0 Å². The first-order valence-corrected chi connectivity index (χ1v) is 6.06. The number of hydrogen-bond donors (Lipinski definition) is 1. The molecule has 0 aromatic rings. The lowest BCUT2D eigenvalue weighted by Crippen LogP contribution is -2.09. The van der Waals surface area contributed by atoms with Gasteiger partial charge in [-0.3, -0.25) is 0 Å². The Morgan fingerprint density at radius 1 is 1.53 bits per heavy atom. The fraction of sp³-hybridized carbons (Fsp3) is 0.571. The van der Waals surface area contributed by atoms with E-state index in [1.165, 1.54) is 48.8 Å². The van der Waals surface area contributed by atoms with Crippen molar-refractivity contribution in [2.24, 2.45) is 5.73 Å². The molecule has 0 bridgehead atoms. The molecule has 0 heterocycles. The van der Waals surface area contributed by atoms with Gasteiger partial charge in [-0.2, -0.15) is 0 Å². The second kappa shape index (κ2) is 6.62. The molecular weight excluding hydrogens is 182 g/mol. The van der Waals surface area contributed by atoms with Crippen LogP contribution in [0.3, 0.4) is 0 Å². The van der Waals surface area contributed by atoms with Crippen LogP contribution in [0.25, 0.3) is 0 Å². The Morgan fingerprint density at radius 3 is 2.87 bits per heavy atom. The average molecular weight is 205 g/mol. The predicted octanol–water partition coefficient (Wildman–Crippen LogP) is 3.73. The summed E-state index contributed by atoms with van der Waals surface area (Å²) in [7, 11) is 0. The lowest BCUT2D eigenvalue weighted by molar-refractivity contribution is 0.775. The summed E-state index contributed by atoms with van der Waals surface area (Å²) in [6.07, 6.45) is 11.7. The van der Waals surface area contributed by atoms with Crippen molar-refractivity contribution in [1.82, 2.24) is 0 Å². The maximum Gasteiger partial charge on any atom is 0.0183 e. The SMILES string of the molecule is C=C(CCCC)/C(CN)=C1\C=CCCC1. The fourth-order valence-corrected chi connectivity index (χ4v) is 2.01. The molecule has 0 unspecified atom stereocenters. The fourth-order valence-electron chi connectivity index (χ4n) is 2.01. The van der Waals surface area contributed by atoms with Crippen LogP contribution in [0.15, 0.2) is 35.5 Å². The third-order valence-corrected chi connectivity index (χ3v) is 2.99. The molecule has 2 N–H and O–H groups in total. The molecule has 1 aliphatic carbocycles. The zero-order valence-electron chi connectivity index (χ0n) is 9.89. The van der Waals surface area contributed by atoms with Crippen molar-refractivity contribution < 1.29 is 0 Å². The van der Waals surface area contributed by atoms with Crippen LogP contribution in [-0.4, -0.2) is 6.54 Å². The third-order valence-electron chi connectivity index (χ3n) is 2.99. The minimum atomic E-state index is 0.641. The number of nitrogens with two attached hydrogens (primary N) is 1. The first-order chi connectivity index (χ1) is 7.29. The molecule has 0 saturated heterocycles. The van der Waals surface area contributed by atoms with E-state index in [4.69, 9.17) is 5.73 Å². The highest BCUT2D eigenvalue weighted by atomic mass is 14.5. The van der Waals surface area contributed by atoms with Gasteiger partial charge in [0.25, 0.3) is 0 Å². The van der Waals surface area contributed by atoms with Gasteiger partial charge in [-0.15, -0.1) is 0 Å². The van der Waals surface area contributed by atoms with Gasteiger partial charge in [-0.25, -0.2) is 0 Å². The lowest BCUT2D eigenvalue weighted by atomic mass is 9.91. The highest BCUT2D eigenvalue weighted by Crippen LogP contribution is 2.25. The van der Waals surface area contributed by atoms with Gasteiger partial charge in [0.15, 0.2) is 0 Å². The normalized spacial score (nSPS) is 19.1. The maximum absolute atomic E-state index is 5.82. The van der Waals surface area contributed by atoms with Gasteiger partial charge in [0, 0.05) is 6.54 Å². The van der Waals surface area contributed by atoms with Crippen LogP contribution < -0.4 is 5.73 Å². The van der Waals surface area contributed by atoms with Gasteiger partial charge in [-0.05, 0) is 43.3 Å². The van der Waals surface area contributed by atoms with E-state index in [0.717, 1.165) is 6.42 Å². The van der Waals surface area contributed by atoms with Crippen LogP contribution in [0.4, 0.5) is 0 Å². The third kappa shape index (κ3) is 3.67. The van der Waals surface area contributed by atoms with E-state index in [1.807, 2.05) is 0 Å². The van der Waals surface area contributed by atoms with Crippen LogP contribution in [0.2, 0.25) is 0 Å². The Hall–Kier alpha value is -0.820. The Morgan fingerprint density at radius 2 is 2.33 bits per heavy atom. The van der Waals surface area contributed by atoms with E-state index >= 15 is 0 Å². The van der Waals surface area contributed by atoms with Crippen molar-refractivity contribution in [3.63, 3.8) is 0 Å². The number of unbranched alkanes of at least 4 members (excludes halogenated alkanes) is 1. The zero-order valence-corrected chi connectivity index (χ0v) is 9.89. The molecular formula is C14H23N. The Kier molecular flexibility index (Phi) is 5.41. The molecule has 0 saturated carbocycles. The van der Waals surface area contributed by atoms with Crippen molar-refractivity contribution in [1.29, 1.82) is 0 Å². The molecule has 0 fully saturated rings. The minimum Gasteiger partial charge on any atom is -0.326 e. The summed E-state index contributed by atoms with van der Waals surface area (Å²) in [5, 5.41) is 0. The molecule has 0 spiro atoms. The molecule has 0 aromatic heterocycles. The standard InChI is InChI=1S/C14H23N/c1-3-4-8-12(2)14(11-15)13-9-6-5-7-10-13/h6,9H,2-5,7-8,10-11,15H2,1H3/b14-13+. The molecule has 0 radical (unpaired) electrons. The van der Waals surface area contributed by atoms with Crippen molar-refractivity contribution in [2.45, 2.75) is 45.4 Å². The van der Waals surface area contributed by atoms with Crippen LogP contribution in [0.1, 0.15) is 45.4 Å². The van der Waals surface area contributed by atoms with Gasteiger partial charge < -0.3 is 5.73 Å². The van der Waals surface area contributed by atoms with Gasteiger partial charge in [0.2, 0.25) is 0 Å². The van der Waals surface area contributed by atoms with Gasteiger partial charge in [-0.1, -0.05) is 37.6 Å². The van der Waals surface area contributed by atoms with Gasteiger partial charge in [0.05, 0.1) is 0 Å². The van der Waals surface area contributed by atoms with E-state index in [9.17, 15) is 0 Å². The van der Waals surface area contributed by atoms with Crippen molar-refractivity contribution in [2.75, 3.05) is 6.54 Å². The van der Waals surface area contributed by atoms with E-state index in [1.54, 1.807) is 0 Å². The highest BCUT2D eigenvalue weighted by Gasteiger charge is 2.08. The first-order valence-electron chi connectivity index (χ1n) is 6.06. The topological polar surface area (TPSA) is 26.0 Å². The Bertz CT molecular complexity index is 271. The van der Waals surface area contributed by atoms with Gasteiger partial charge >= 0.3 is 0 Å². The molecule has 15 heavy (non-hydrogen) atoms. The van der Waals surface area contributed by atoms with E-state index in [-0.39, 0.29) is 0 Å². The molecule has 1 rings (SSSR count). The number of rotatable bonds is 5. The maximum atomic E-state index is 5.82. The van der Waals surface area contributed by atoms with Crippen LogP contribution in [0, 0.1) is 0 Å². The summed E-state index contributed by atoms with van der Waals surface area (Å²) in [5.74, 6) is 0. The molecule has 0 amide bonds. The Balaban J connectivity index is 2.72. The molecule has 1 aliphatic rings.